The Morgan fingerprint density at radius 1 is 1.25 bits per heavy atom. The van der Waals surface area contributed by atoms with Gasteiger partial charge in [0.15, 0.2) is 0 Å². The van der Waals surface area contributed by atoms with E-state index in [1.807, 2.05) is 13.8 Å². The molecule has 0 amide bonds. The summed E-state index contributed by atoms with van der Waals surface area (Å²) in [7, 11) is -3.69. The van der Waals surface area contributed by atoms with E-state index < -0.39 is 16.1 Å². The average molecular weight is 294 g/mol. The number of benzene rings is 1. The first-order valence-electron chi connectivity index (χ1n) is 6.42. The second-order valence-electron chi connectivity index (χ2n) is 4.98. The van der Waals surface area contributed by atoms with Crippen LogP contribution in [0.3, 0.4) is 0 Å². The van der Waals surface area contributed by atoms with Crippen LogP contribution in [-0.4, -0.2) is 31.2 Å². The normalized spacial score (nSPS) is 13.8. The van der Waals surface area contributed by atoms with Crippen LogP contribution in [0.25, 0.3) is 10.9 Å². The highest BCUT2D eigenvalue weighted by Crippen LogP contribution is 2.21. The number of hydrogen-bond acceptors (Lipinski definition) is 4. The molecule has 0 radical (unpaired) electrons. The van der Waals surface area contributed by atoms with Crippen molar-refractivity contribution in [3.8, 4) is 0 Å². The molecule has 1 aromatic carbocycles. The predicted octanol–water partition coefficient (Wildman–Crippen LogP) is 1.53. The van der Waals surface area contributed by atoms with Gasteiger partial charge in [-0.2, -0.15) is 0 Å². The summed E-state index contributed by atoms with van der Waals surface area (Å²) in [6.07, 6.45) is 1.62. The zero-order valence-electron chi connectivity index (χ0n) is 11.4. The molecule has 6 heteroatoms. The molecule has 2 N–H and O–H groups in total. The van der Waals surface area contributed by atoms with E-state index >= 15 is 0 Å². The molecule has 1 atom stereocenters. The molecule has 0 aliphatic rings. The summed E-state index contributed by atoms with van der Waals surface area (Å²) in [5.74, 6) is 0.00266. The van der Waals surface area contributed by atoms with Crippen LogP contribution in [0.2, 0.25) is 0 Å². The van der Waals surface area contributed by atoms with Gasteiger partial charge in [0.05, 0.1) is 17.0 Å². The molecule has 5 nitrogen and oxygen atoms in total. The second-order valence-corrected chi connectivity index (χ2v) is 6.66. The largest absolute Gasteiger partial charge is 0.395 e. The Bertz CT molecular complexity index is 693. The average Bonchev–Trinajstić information content (AvgIpc) is 2.43. The van der Waals surface area contributed by atoms with E-state index in [-0.39, 0.29) is 17.4 Å². The van der Waals surface area contributed by atoms with E-state index in [0.717, 1.165) is 0 Å². The maximum absolute atomic E-state index is 12.5. The van der Waals surface area contributed by atoms with E-state index in [1.54, 1.807) is 36.5 Å². The van der Waals surface area contributed by atoms with E-state index in [1.165, 1.54) is 0 Å². The quantitative estimate of drug-likeness (QED) is 0.876. The topological polar surface area (TPSA) is 79.3 Å². The maximum Gasteiger partial charge on any atom is 0.241 e. The lowest BCUT2D eigenvalue weighted by molar-refractivity contribution is 0.228. The third kappa shape index (κ3) is 2.98. The lowest BCUT2D eigenvalue weighted by atomic mass is 10.1. The number of aliphatic hydroxyl groups is 1. The number of rotatable bonds is 5. The molecule has 108 valence electrons. The number of aromatic nitrogens is 1. The molecule has 0 aliphatic heterocycles. The van der Waals surface area contributed by atoms with Crippen LogP contribution in [0.5, 0.6) is 0 Å². The van der Waals surface area contributed by atoms with Gasteiger partial charge in [0.2, 0.25) is 10.0 Å². The van der Waals surface area contributed by atoms with Crippen molar-refractivity contribution in [1.29, 1.82) is 0 Å². The van der Waals surface area contributed by atoms with Gasteiger partial charge in [0.1, 0.15) is 0 Å². The van der Waals surface area contributed by atoms with Crippen LogP contribution < -0.4 is 4.72 Å². The van der Waals surface area contributed by atoms with Crippen molar-refractivity contribution in [2.24, 2.45) is 5.92 Å². The highest BCUT2D eigenvalue weighted by atomic mass is 32.2. The van der Waals surface area contributed by atoms with Crippen LogP contribution in [-0.2, 0) is 10.0 Å². The molecule has 1 unspecified atom stereocenters. The van der Waals surface area contributed by atoms with E-state index in [4.69, 9.17) is 0 Å². The Hall–Kier alpha value is -1.50. The monoisotopic (exact) mass is 294 g/mol. The molecule has 1 aromatic heterocycles. The summed E-state index contributed by atoms with van der Waals surface area (Å²) in [5, 5.41) is 9.85. The van der Waals surface area contributed by atoms with Gasteiger partial charge in [-0.1, -0.05) is 19.9 Å². The standard InChI is InChI=1S/C14H18N2O3S/c1-10(2)13(9-17)16-20(18,19)14-7-3-6-12-11(14)5-4-8-15-12/h3-8,10,13,16-17H,9H2,1-2H3. The smallest absolute Gasteiger partial charge is 0.241 e. The minimum absolute atomic E-state index is 0.00266. The number of nitrogens with zero attached hydrogens (tertiary/aromatic N) is 1. The van der Waals surface area contributed by atoms with Gasteiger partial charge in [-0.15, -0.1) is 0 Å². The lowest BCUT2D eigenvalue weighted by Gasteiger charge is -2.20. The zero-order valence-corrected chi connectivity index (χ0v) is 12.3. The van der Waals surface area contributed by atoms with Crippen LogP contribution in [0.4, 0.5) is 0 Å². The van der Waals surface area contributed by atoms with E-state index in [9.17, 15) is 13.5 Å². The van der Waals surface area contributed by atoms with E-state index in [0.29, 0.717) is 10.9 Å². The lowest BCUT2D eigenvalue weighted by Crippen LogP contribution is -2.41. The van der Waals surface area contributed by atoms with Crippen molar-refractivity contribution >= 4 is 20.9 Å². The van der Waals surface area contributed by atoms with Crippen molar-refractivity contribution in [2.75, 3.05) is 6.61 Å². The predicted molar refractivity (Wildman–Crippen MR) is 77.8 cm³/mol. The van der Waals surface area contributed by atoms with Gasteiger partial charge in [-0.25, -0.2) is 13.1 Å². The summed E-state index contributed by atoms with van der Waals surface area (Å²) in [6, 6.07) is 7.88. The molecule has 20 heavy (non-hydrogen) atoms. The molecular weight excluding hydrogens is 276 g/mol. The van der Waals surface area contributed by atoms with Crippen LogP contribution in [0.15, 0.2) is 41.4 Å². The zero-order chi connectivity index (χ0) is 14.8. The third-order valence-corrected chi connectivity index (χ3v) is 4.75. The summed E-state index contributed by atoms with van der Waals surface area (Å²) in [5.41, 5.74) is 0.625. The molecule has 2 aromatic rings. The van der Waals surface area contributed by atoms with Gasteiger partial charge in [0, 0.05) is 17.6 Å². The summed E-state index contributed by atoms with van der Waals surface area (Å²) < 4.78 is 27.5. The van der Waals surface area contributed by atoms with E-state index in [2.05, 4.69) is 9.71 Å². The van der Waals surface area contributed by atoms with Crippen LogP contribution in [0, 0.1) is 5.92 Å². The number of sulfonamides is 1. The van der Waals surface area contributed by atoms with Crippen LogP contribution >= 0.6 is 0 Å². The first kappa shape index (κ1) is 14.9. The van der Waals surface area contributed by atoms with Crippen molar-refractivity contribution in [1.82, 2.24) is 9.71 Å². The minimum Gasteiger partial charge on any atom is -0.395 e. The van der Waals surface area contributed by atoms with Gasteiger partial charge in [-0.3, -0.25) is 4.98 Å². The maximum atomic E-state index is 12.5. The number of fused-ring (bicyclic) bond motifs is 1. The molecule has 2 rings (SSSR count). The number of pyridine rings is 1. The molecule has 0 saturated heterocycles. The highest BCUT2D eigenvalue weighted by molar-refractivity contribution is 7.89. The number of hydrogen-bond donors (Lipinski definition) is 2. The summed E-state index contributed by atoms with van der Waals surface area (Å²) in [6.45, 7) is 3.47. The Labute approximate surface area is 118 Å². The van der Waals surface area contributed by atoms with Gasteiger partial charge >= 0.3 is 0 Å². The molecule has 0 aliphatic carbocycles. The number of aliphatic hydroxyl groups excluding tert-OH is 1. The Kier molecular flexibility index (Phi) is 4.37. The van der Waals surface area contributed by atoms with Crippen molar-refractivity contribution in [3.63, 3.8) is 0 Å². The first-order valence-corrected chi connectivity index (χ1v) is 7.91. The fraction of sp³-hybridized carbons (Fsp3) is 0.357. The fourth-order valence-corrected chi connectivity index (χ4v) is 3.55. The summed E-state index contributed by atoms with van der Waals surface area (Å²) >= 11 is 0. The minimum atomic E-state index is -3.69. The molecule has 1 heterocycles. The van der Waals surface area contributed by atoms with Crippen molar-refractivity contribution in [3.05, 3.63) is 36.5 Å². The Balaban J connectivity index is 2.47. The SMILES string of the molecule is CC(C)C(CO)NS(=O)(=O)c1cccc2ncccc12. The van der Waals surface area contributed by atoms with Gasteiger partial charge < -0.3 is 5.11 Å². The van der Waals surface area contributed by atoms with Gasteiger partial charge in [-0.05, 0) is 30.2 Å². The fourth-order valence-electron chi connectivity index (χ4n) is 1.96. The summed E-state index contributed by atoms with van der Waals surface area (Å²) in [4.78, 5) is 4.33. The molecule has 0 spiro atoms. The highest BCUT2D eigenvalue weighted by Gasteiger charge is 2.23. The first-order chi connectivity index (χ1) is 9.45. The van der Waals surface area contributed by atoms with Crippen LogP contribution in [0.1, 0.15) is 13.8 Å². The Morgan fingerprint density at radius 2 is 2.00 bits per heavy atom. The molecule has 0 fully saturated rings. The second kappa shape index (κ2) is 5.87. The van der Waals surface area contributed by atoms with Crippen molar-refractivity contribution in [2.45, 2.75) is 24.8 Å². The number of nitrogens with one attached hydrogen (secondary N) is 1. The molecule has 0 saturated carbocycles. The molecular formula is C14H18N2O3S. The van der Waals surface area contributed by atoms with Crippen molar-refractivity contribution < 1.29 is 13.5 Å². The molecule has 0 bridgehead atoms. The van der Waals surface area contributed by atoms with Gasteiger partial charge in [0.25, 0.3) is 0 Å². The Morgan fingerprint density at radius 3 is 2.65 bits per heavy atom. The third-order valence-electron chi connectivity index (χ3n) is 3.20.